The Morgan fingerprint density at radius 2 is 0.313 bits per heavy atom. The van der Waals surface area contributed by atoms with Crippen LogP contribution in [0.15, 0.2) is 364 Å². The summed E-state index contributed by atoms with van der Waals surface area (Å²) >= 11 is 4.09. The summed E-state index contributed by atoms with van der Waals surface area (Å²) in [5.74, 6) is 0. The standard InChI is InChI=1S/4C22H26O3PSi.2ClH.4HI.Pd/c4*1-25-27(23,24)19-11-18-26(20-12-5-2-6-13-20,21-14-7-3-8-15-21)22-16-9-4-10-17-22;;;;;;;/h4*2-10,12-17,23-24H,11,18-19H2,1H3;6*1H;/q4*+1;;;;;;;+2/p-6. The summed E-state index contributed by atoms with van der Waals surface area (Å²) in [6.07, 6.45) is 4.42. The second-order valence-electron chi connectivity index (χ2n) is 26.6. The second-order valence-corrected chi connectivity index (χ2v) is 86.4. The van der Waals surface area contributed by atoms with E-state index in [1.807, 2.05) is 112 Å². The zero-order chi connectivity index (χ0) is 81.2. The molecule has 0 aromatic heterocycles. The van der Waals surface area contributed by atoms with Crippen molar-refractivity contribution in [2.24, 2.45) is 0 Å². The van der Waals surface area contributed by atoms with E-state index in [1.165, 1.54) is 92.1 Å². The summed E-state index contributed by atoms with van der Waals surface area (Å²) in [6, 6.07) is 129. The monoisotopic (exact) mass is 2270 g/mol. The molecule has 0 amide bonds. The first-order chi connectivity index (χ1) is 54.3. The van der Waals surface area contributed by atoms with Crippen LogP contribution in [0.1, 0.15) is 25.7 Å². The first-order valence-corrected chi connectivity index (χ1v) is 66.2. The van der Waals surface area contributed by atoms with Crippen molar-refractivity contribution < 1.29 is 110 Å². The van der Waals surface area contributed by atoms with Crippen LogP contribution in [-0.2, 0) is 24.0 Å². The molecule has 0 aliphatic rings. The van der Waals surface area contributed by atoms with E-state index < -0.39 is 70.5 Å². The number of benzene rings is 12. The molecule has 8 N–H and O–H groups in total. The molecule has 0 radical (unpaired) electrons. The Hall–Kier alpha value is -3.09. The zero-order valence-corrected chi connectivity index (χ0v) is 84.0. The van der Waals surface area contributed by atoms with Gasteiger partial charge in [0.2, 0.25) is 0 Å². The van der Waals surface area contributed by atoms with E-state index in [2.05, 4.69) is 291 Å². The molecular formula is C88H104Cl2I4O12P4PdSi4. The minimum absolute atomic E-state index is 0. The molecule has 0 saturated carbocycles. The van der Waals surface area contributed by atoms with E-state index in [-0.39, 0.29) is 48.0 Å². The maximum Gasteiger partial charge on any atom is -1.00 e. The normalized spacial score (nSPS) is 12.0. The first kappa shape index (κ1) is 101. The fourth-order valence-corrected chi connectivity index (χ4v) is 36.1. The van der Waals surface area contributed by atoms with E-state index >= 15 is 0 Å². The van der Waals surface area contributed by atoms with Crippen molar-refractivity contribution in [2.75, 3.05) is 53.1 Å². The van der Waals surface area contributed by atoms with Crippen LogP contribution in [-0.4, -0.2) is 127 Å². The summed E-state index contributed by atoms with van der Waals surface area (Å²) in [4.78, 5) is 80.1. The van der Waals surface area contributed by atoms with Crippen molar-refractivity contribution in [3.8, 4) is 0 Å². The molecule has 616 valence electrons. The molecule has 0 atom stereocenters. The van der Waals surface area contributed by atoms with Gasteiger partial charge in [0.05, 0.1) is 24.6 Å². The van der Waals surface area contributed by atoms with Gasteiger partial charge in [-0.2, -0.15) is 0 Å². The molecular weight excluding hydrogens is 2170 g/mol. The minimum atomic E-state index is -3.56. The molecule has 0 unspecified atom stereocenters. The van der Waals surface area contributed by atoms with Crippen molar-refractivity contribution >= 4 is 186 Å². The van der Waals surface area contributed by atoms with Crippen LogP contribution in [0, 0.1) is 0 Å². The van der Waals surface area contributed by atoms with Gasteiger partial charge in [0.25, 0.3) is 0 Å². The van der Waals surface area contributed by atoms with Gasteiger partial charge in [0.1, 0.15) is 92.7 Å². The molecule has 0 saturated heterocycles. The Balaban J connectivity index is 0.000000232. The van der Waals surface area contributed by atoms with Crippen LogP contribution >= 0.6 is 87.1 Å². The predicted octanol–water partition coefficient (Wildman–Crippen LogP) is 8.92. The van der Waals surface area contributed by atoms with Crippen LogP contribution in [0.5, 0.6) is 0 Å². The Kier molecular flexibility index (Phi) is 44.2. The van der Waals surface area contributed by atoms with Gasteiger partial charge in [-0.05, 0) is 171 Å². The fraction of sp³-hybridized carbons (Fsp3) is 0.182. The quantitative estimate of drug-likeness (QED) is 0.0113. The van der Waals surface area contributed by atoms with Crippen molar-refractivity contribution in [1.82, 2.24) is 0 Å². The summed E-state index contributed by atoms with van der Waals surface area (Å²) in [5.41, 5.74) is 0. The molecule has 27 heteroatoms. The van der Waals surface area contributed by atoms with Crippen LogP contribution in [0.2, 0.25) is 24.2 Å². The van der Waals surface area contributed by atoms with Crippen LogP contribution in [0.25, 0.3) is 0 Å². The van der Waals surface area contributed by atoms with E-state index in [1.54, 1.807) is 0 Å². The van der Waals surface area contributed by atoms with Crippen molar-refractivity contribution in [2.45, 2.75) is 49.9 Å². The Morgan fingerprint density at radius 1 is 0.226 bits per heavy atom. The molecule has 12 aromatic carbocycles. The smallest absolute Gasteiger partial charge is 1.00 e. The average molecular weight is 2270 g/mol. The fourth-order valence-electron chi connectivity index (χ4n) is 14.1. The number of hydrogen-bond donors (Lipinski definition) is 8. The Labute approximate surface area is 754 Å². The molecule has 12 nitrogen and oxygen atoms in total. The second kappa shape index (κ2) is 50.5. The first-order valence-electron chi connectivity index (χ1n) is 37.0. The van der Waals surface area contributed by atoms with Gasteiger partial charge in [-0.3, -0.25) is 0 Å². The molecule has 0 aliphatic heterocycles. The third-order valence-corrected chi connectivity index (χ3v) is 44.4. The van der Waals surface area contributed by atoms with Gasteiger partial charge in [-0.15, -0.1) is 0 Å². The van der Waals surface area contributed by atoms with Gasteiger partial charge in [0.15, 0.2) is 0 Å². The minimum Gasteiger partial charge on any atom is -1.00 e. The molecule has 0 heterocycles. The van der Waals surface area contributed by atoms with Crippen molar-refractivity contribution in [3.05, 3.63) is 364 Å². The molecule has 115 heavy (non-hydrogen) atoms. The van der Waals surface area contributed by atoms with Gasteiger partial charge >= 0.3 is 99.6 Å². The molecule has 12 rings (SSSR count). The third kappa shape index (κ3) is 30.1. The topological polar surface area (TPSA) is 199 Å². The summed E-state index contributed by atoms with van der Waals surface area (Å²) in [6.45, 7) is 0. The maximum absolute atomic E-state index is 10.0. The molecule has 12 aromatic rings. The van der Waals surface area contributed by atoms with Crippen LogP contribution in [0.4, 0.5) is 0 Å². The van der Waals surface area contributed by atoms with E-state index in [4.69, 9.17) is 36.8 Å². The number of hydrogen-bond acceptors (Lipinski definition) is 12. The molecule has 0 aliphatic carbocycles. The van der Waals surface area contributed by atoms with Gasteiger partial charge in [-0.25, -0.2) is 0 Å². The van der Waals surface area contributed by atoms with Crippen LogP contribution < -0.4 is 112 Å². The van der Waals surface area contributed by atoms with Gasteiger partial charge < -0.3 is 104 Å². The average Bonchev–Trinajstić information content (AvgIpc) is 0.778. The van der Waals surface area contributed by atoms with E-state index in [0.717, 1.165) is 24.6 Å². The van der Waals surface area contributed by atoms with Gasteiger partial charge in [0, 0.05) is 52.6 Å². The number of halogens is 6. The van der Waals surface area contributed by atoms with Gasteiger partial charge in [-0.1, -0.05) is 218 Å². The molecule has 0 bridgehead atoms. The molecule has 0 spiro atoms. The number of rotatable bonds is 32. The predicted molar refractivity (Wildman–Crippen MR) is 506 cm³/mol. The zero-order valence-electron chi connectivity index (χ0n) is 64.7. The van der Waals surface area contributed by atoms with E-state index in [0.29, 0.717) is 49.9 Å². The van der Waals surface area contributed by atoms with E-state index in [9.17, 15) is 38.4 Å². The SMILES string of the molecule is CO[Si](O)(O)CCC[P+](c1ccccc1)(c1ccccc1)c1ccccc1.CO[Si](O)(O)CCC[P+](c1ccccc1)(c1ccccc1)c1ccccc1.CO[Si](O)(O)CCC[P+](c1ccccc1)(c1ccccc1)c1ccccc1.CO[Si](O)(O)CCC[P+](c1ccccc1)(c1ccccc1)c1ccccc1.[Cl][Pd-2]([Cl])([I])[I].[I-].[I-]. The summed E-state index contributed by atoms with van der Waals surface area (Å²) < 4.78 is 19.7. The van der Waals surface area contributed by atoms with Crippen molar-refractivity contribution in [3.63, 3.8) is 0 Å². The largest absolute Gasteiger partial charge is 1.00 e. The van der Waals surface area contributed by atoms with Crippen LogP contribution in [0.3, 0.4) is 0 Å². The maximum atomic E-state index is 10.0. The summed E-state index contributed by atoms with van der Waals surface area (Å²) in [7, 11) is -5.53. The Bertz CT molecular complexity index is 3640. The third-order valence-electron chi connectivity index (χ3n) is 19.7. The Morgan fingerprint density at radius 3 is 0.391 bits per heavy atom. The summed E-state index contributed by atoms with van der Waals surface area (Å²) in [5, 5.41) is 15.7. The molecule has 0 fully saturated rings. The van der Waals surface area contributed by atoms with Crippen molar-refractivity contribution in [1.29, 1.82) is 0 Å².